The van der Waals surface area contributed by atoms with Crippen molar-refractivity contribution in [2.45, 2.75) is 0 Å². The monoisotopic (exact) mass is 143 g/mol. The van der Waals surface area contributed by atoms with E-state index >= 15 is 0 Å². The van der Waals surface area contributed by atoms with Gasteiger partial charge in [-0.3, -0.25) is 21.1 Å². The molecule has 7 heavy (non-hydrogen) atoms. The molecule has 6 N–H and O–H groups in total. The summed E-state index contributed by atoms with van der Waals surface area (Å²) < 4.78 is 9.55. The Morgan fingerprint density at radius 2 is 1.00 bits per heavy atom. The Balaban J connectivity index is -0.0000000800. The Kier molecular flexibility index (Phi) is 14.3. The van der Waals surface area contributed by atoms with Crippen molar-refractivity contribution in [3.8, 4) is 0 Å². The zero-order valence-corrected chi connectivity index (χ0v) is 3.48. The van der Waals surface area contributed by atoms with Gasteiger partial charge in [-0.05, 0) is 0 Å². The van der Waals surface area contributed by atoms with Gasteiger partial charge in [-0.1, -0.05) is 0 Å². The van der Waals surface area contributed by atoms with Crippen molar-refractivity contribution < 1.29 is 4.57 Å². The van der Waals surface area contributed by atoms with E-state index < -0.39 is 7.59 Å². The van der Waals surface area contributed by atoms with Crippen molar-refractivity contribution in [2.75, 3.05) is 0 Å². The summed E-state index contributed by atoms with van der Waals surface area (Å²) in [4.78, 5) is 0. The molecular formula is H8N3Na2OP. The zero-order chi connectivity index (χ0) is 4.50. The molecule has 0 aliphatic carbocycles. The molecule has 0 aliphatic heterocycles. The molecule has 0 aromatic rings. The van der Waals surface area contributed by atoms with E-state index in [2.05, 4.69) is 16.5 Å². The van der Waals surface area contributed by atoms with Crippen LogP contribution in [0.4, 0.5) is 0 Å². The third-order valence-corrected chi connectivity index (χ3v) is 0. The first-order chi connectivity index (χ1) is 2.00. The summed E-state index contributed by atoms with van der Waals surface area (Å²) >= 11 is 0. The molecule has 0 aromatic heterocycles. The molecule has 0 heterocycles. The molecule has 0 atom stereocenters. The molecule has 0 saturated heterocycles. The standard InChI is InChI=1S/H6N3OP.2Na.2H/c1-5(2,3)4;;;;/h(H6,1,2,3,4);;;;. The van der Waals surface area contributed by atoms with Crippen LogP contribution in [0.2, 0.25) is 0 Å². The van der Waals surface area contributed by atoms with Gasteiger partial charge in [0.2, 0.25) is 0 Å². The van der Waals surface area contributed by atoms with Gasteiger partial charge in [0.25, 0.3) is 7.59 Å². The van der Waals surface area contributed by atoms with Gasteiger partial charge >= 0.3 is 59.1 Å². The van der Waals surface area contributed by atoms with Crippen molar-refractivity contribution in [1.82, 2.24) is 0 Å². The molecule has 0 unspecified atom stereocenters. The molecule has 0 amide bonds. The molecule has 36 valence electrons. The Hall–Kier alpha value is 2.11. The average molecular weight is 143 g/mol. The maximum atomic E-state index is 9.55. The number of nitrogens with two attached hydrogens (primary N) is 3. The van der Waals surface area contributed by atoms with Crippen LogP contribution < -0.4 is 16.5 Å². The summed E-state index contributed by atoms with van der Waals surface area (Å²) in [6, 6.07) is 0. The van der Waals surface area contributed by atoms with Gasteiger partial charge in [-0.15, -0.1) is 0 Å². The van der Waals surface area contributed by atoms with Crippen LogP contribution in [0.15, 0.2) is 0 Å². The van der Waals surface area contributed by atoms with Crippen molar-refractivity contribution in [3.63, 3.8) is 0 Å². The minimum absolute atomic E-state index is 0. The van der Waals surface area contributed by atoms with Gasteiger partial charge < -0.3 is 0 Å². The second-order valence-corrected chi connectivity index (χ2v) is 2.29. The van der Waals surface area contributed by atoms with E-state index in [0.29, 0.717) is 0 Å². The molecule has 0 spiro atoms. The third kappa shape index (κ3) is 68.0. The Morgan fingerprint density at radius 1 is 1.00 bits per heavy atom. The van der Waals surface area contributed by atoms with Crippen LogP contribution in [0, 0.1) is 0 Å². The van der Waals surface area contributed by atoms with Crippen molar-refractivity contribution >= 4 is 66.7 Å². The van der Waals surface area contributed by atoms with E-state index in [4.69, 9.17) is 0 Å². The summed E-state index contributed by atoms with van der Waals surface area (Å²) in [7, 11) is -3.14. The van der Waals surface area contributed by atoms with E-state index in [1.165, 1.54) is 0 Å². The van der Waals surface area contributed by atoms with Crippen molar-refractivity contribution in [3.05, 3.63) is 0 Å². The Morgan fingerprint density at radius 3 is 1.00 bits per heavy atom. The fraction of sp³-hybridized carbons (Fsp3) is 0. The van der Waals surface area contributed by atoms with Crippen LogP contribution in [0.1, 0.15) is 0 Å². The van der Waals surface area contributed by atoms with Gasteiger partial charge in [-0.2, -0.15) is 0 Å². The van der Waals surface area contributed by atoms with E-state index in [9.17, 15) is 4.57 Å². The Bertz CT molecular complexity index is 59.1. The van der Waals surface area contributed by atoms with Crippen LogP contribution in [0.25, 0.3) is 0 Å². The summed E-state index contributed by atoms with van der Waals surface area (Å²) in [5.41, 5.74) is 13.4. The second-order valence-electron chi connectivity index (χ2n) is 0.763. The molecule has 7 heteroatoms. The van der Waals surface area contributed by atoms with Crippen LogP contribution in [0.3, 0.4) is 0 Å². The molecule has 0 saturated carbocycles. The summed E-state index contributed by atoms with van der Waals surface area (Å²) in [6.07, 6.45) is 0. The van der Waals surface area contributed by atoms with Crippen LogP contribution in [-0.4, -0.2) is 59.1 Å². The summed E-state index contributed by atoms with van der Waals surface area (Å²) in [5, 5.41) is 0. The van der Waals surface area contributed by atoms with Gasteiger partial charge in [0.05, 0.1) is 0 Å². The molecule has 0 fully saturated rings. The molecule has 0 bridgehead atoms. The maximum absolute atomic E-state index is 9.55. The van der Waals surface area contributed by atoms with Crippen molar-refractivity contribution in [2.24, 2.45) is 16.5 Å². The van der Waals surface area contributed by atoms with Gasteiger partial charge in [0.1, 0.15) is 0 Å². The molecule has 0 rings (SSSR count). The molecular weight excluding hydrogens is 135 g/mol. The number of hydrogen-bond donors (Lipinski definition) is 3. The van der Waals surface area contributed by atoms with Crippen LogP contribution in [-0.2, 0) is 4.57 Å². The van der Waals surface area contributed by atoms with Gasteiger partial charge in [-0.25, -0.2) is 0 Å². The van der Waals surface area contributed by atoms with Gasteiger partial charge in [0, 0.05) is 0 Å². The van der Waals surface area contributed by atoms with Gasteiger partial charge in [0.15, 0.2) is 0 Å². The quantitative estimate of drug-likeness (QED) is 0.262. The van der Waals surface area contributed by atoms with E-state index in [0.717, 1.165) is 0 Å². The van der Waals surface area contributed by atoms with Crippen LogP contribution >= 0.6 is 7.59 Å². The predicted octanol–water partition coefficient (Wildman–Crippen LogP) is -2.33. The average Bonchev–Trinajstić information content (AvgIpc) is 0.722. The number of rotatable bonds is 0. The Labute approximate surface area is 86.7 Å². The van der Waals surface area contributed by atoms with Crippen molar-refractivity contribution in [1.29, 1.82) is 0 Å². The van der Waals surface area contributed by atoms with E-state index in [-0.39, 0.29) is 59.1 Å². The first-order valence-electron chi connectivity index (χ1n) is 0.957. The van der Waals surface area contributed by atoms with Crippen LogP contribution in [0.5, 0.6) is 0 Å². The molecule has 0 radical (unpaired) electrons. The zero-order valence-electron chi connectivity index (χ0n) is 2.59. The normalized spacial score (nSPS) is 8.43. The first-order valence-corrected chi connectivity index (χ1v) is 2.87. The fourth-order valence-corrected chi connectivity index (χ4v) is 0. The number of hydrogen-bond acceptors (Lipinski definition) is 1. The topological polar surface area (TPSA) is 95.1 Å². The van der Waals surface area contributed by atoms with E-state index in [1.807, 2.05) is 0 Å². The summed E-state index contributed by atoms with van der Waals surface area (Å²) in [6.45, 7) is 0. The minimum atomic E-state index is -3.14. The summed E-state index contributed by atoms with van der Waals surface area (Å²) in [5.74, 6) is 0. The predicted molar refractivity (Wildman–Crippen MR) is 34.5 cm³/mol. The second kappa shape index (κ2) is 6.23. The molecule has 0 aliphatic rings. The fourth-order valence-electron chi connectivity index (χ4n) is 0. The molecule has 0 aromatic carbocycles. The molecule has 4 nitrogen and oxygen atoms in total. The first kappa shape index (κ1) is 16.1. The van der Waals surface area contributed by atoms with E-state index in [1.54, 1.807) is 0 Å². The third-order valence-electron chi connectivity index (χ3n) is 0. The SMILES string of the molecule is NP(N)(N)=O.[NaH].[NaH].